The number of hydrogen-bond donors (Lipinski definition) is 2. The van der Waals surface area contributed by atoms with E-state index < -0.39 is 18.1 Å². The third-order valence-electron chi connectivity index (χ3n) is 2.91. The summed E-state index contributed by atoms with van der Waals surface area (Å²) in [6.07, 6.45) is -0.0445. The first kappa shape index (κ1) is 13.8. The van der Waals surface area contributed by atoms with E-state index in [0.29, 0.717) is 36.3 Å². The van der Waals surface area contributed by atoms with Crippen molar-refractivity contribution in [3.8, 4) is 5.75 Å². The van der Waals surface area contributed by atoms with Crippen molar-refractivity contribution in [1.29, 1.82) is 0 Å². The highest BCUT2D eigenvalue weighted by Gasteiger charge is 2.40. The Morgan fingerprint density at radius 2 is 2.37 bits per heavy atom. The lowest BCUT2D eigenvalue weighted by Crippen LogP contribution is -2.30. The molecule has 0 amide bonds. The fourth-order valence-electron chi connectivity index (χ4n) is 2.07. The maximum Gasteiger partial charge on any atom is 0.496 e. The molecule has 0 bridgehead atoms. The molecule has 0 unspecified atom stereocenters. The number of benzene rings is 1. The van der Waals surface area contributed by atoms with E-state index in [1.165, 1.54) is 0 Å². The molecule has 0 aliphatic carbocycles. The number of rotatable bonds is 6. The van der Waals surface area contributed by atoms with Gasteiger partial charge in [0.2, 0.25) is 6.54 Å². The van der Waals surface area contributed by atoms with Crippen molar-refractivity contribution in [3.63, 3.8) is 0 Å². The normalized spacial score (nSPS) is 17.4. The number of hydrogen-bond acceptors (Lipinski definition) is 6. The summed E-state index contributed by atoms with van der Waals surface area (Å²) in [6, 6.07) is 5.14. The van der Waals surface area contributed by atoms with Gasteiger partial charge in [-0.3, -0.25) is 10.1 Å². The standard InChI is InChI=1S/C11H15BN2O5/c13-5-2-6-18-9-4-1-3-8-10(7-14(16)17)19-12(15)11(8)9/h1,3-4,10,15H,2,5-7,13H2/t10-/m1/s1. The number of nitrogens with two attached hydrogens (primary N) is 1. The number of nitro groups is 1. The molecule has 3 N–H and O–H groups in total. The monoisotopic (exact) mass is 266 g/mol. The summed E-state index contributed by atoms with van der Waals surface area (Å²) in [7, 11) is -1.19. The lowest BCUT2D eigenvalue weighted by molar-refractivity contribution is -0.490. The van der Waals surface area contributed by atoms with Crippen LogP contribution in [0, 0.1) is 10.1 Å². The highest BCUT2D eigenvalue weighted by molar-refractivity contribution is 6.62. The molecule has 1 atom stereocenters. The highest BCUT2D eigenvalue weighted by Crippen LogP contribution is 2.27. The summed E-state index contributed by atoms with van der Waals surface area (Å²) < 4.78 is 10.7. The third kappa shape index (κ3) is 3.03. The van der Waals surface area contributed by atoms with E-state index in [0.717, 1.165) is 0 Å². The lowest BCUT2D eigenvalue weighted by Gasteiger charge is -2.10. The maximum absolute atomic E-state index is 10.6. The Labute approximate surface area is 110 Å². The van der Waals surface area contributed by atoms with Gasteiger partial charge in [0, 0.05) is 10.4 Å². The van der Waals surface area contributed by atoms with Crippen molar-refractivity contribution >= 4 is 12.6 Å². The predicted molar refractivity (Wildman–Crippen MR) is 68.9 cm³/mol. The van der Waals surface area contributed by atoms with E-state index in [1.54, 1.807) is 18.2 Å². The molecule has 8 heteroatoms. The first-order valence-corrected chi connectivity index (χ1v) is 6.04. The Kier molecular flexibility index (Phi) is 4.36. The third-order valence-corrected chi connectivity index (χ3v) is 2.91. The highest BCUT2D eigenvalue weighted by atomic mass is 16.6. The minimum absolute atomic E-state index is 0.379. The molecule has 7 nitrogen and oxygen atoms in total. The van der Waals surface area contributed by atoms with Gasteiger partial charge in [-0.25, -0.2) is 0 Å². The van der Waals surface area contributed by atoms with Crippen LogP contribution < -0.4 is 15.9 Å². The number of nitrogens with zero attached hydrogens (tertiary/aromatic N) is 1. The van der Waals surface area contributed by atoms with Crippen molar-refractivity contribution < 1.29 is 19.3 Å². The van der Waals surface area contributed by atoms with Gasteiger partial charge in [0.1, 0.15) is 11.9 Å². The van der Waals surface area contributed by atoms with Crippen LogP contribution in [0.5, 0.6) is 5.75 Å². The molecule has 2 rings (SSSR count). The quantitative estimate of drug-likeness (QED) is 0.309. The summed E-state index contributed by atoms with van der Waals surface area (Å²) in [6.45, 7) is 0.563. The van der Waals surface area contributed by atoms with Gasteiger partial charge < -0.3 is 20.1 Å². The van der Waals surface area contributed by atoms with Crippen LogP contribution >= 0.6 is 0 Å². The first-order chi connectivity index (χ1) is 9.13. The molecule has 1 heterocycles. The fraction of sp³-hybridized carbons (Fsp3) is 0.455. The summed E-state index contributed by atoms with van der Waals surface area (Å²) >= 11 is 0. The van der Waals surface area contributed by atoms with Gasteiger partial charge in [0.05, 0.1) is 6.61 Å². The van der Waals surface area contributed by atoms with E-state index in [2.05, 4.69) is 0 Å². The molecule has 0 radical (unpaired) electrons. The molecule has 19 heavy (non-hydrogen) atoms. The first-order valence-electron chi connectivity index (χ1n) is 6.04. The van der Waals surface area contributed by atoms with Crippen molar-refractivity contribution in [2.75, 3.05) is 19.7 Å². The maximum atomic E-state index is 10.6. The van der Waals surface area contributed by atoms with Crippen molar-refractivity contribution in [1.82, 2.24) is 0 Å². The van der Waals surface area contributed by atoms with Gasteiger partial charge in [0.25, 0.3) is 0 Å². The molecule has 1 aromatic rings. The van der Waals surface area contributed by atoms with Crippen LogP contribution in [0.4, 0.5) is 0 Å². The van der Waals surface area contributed by atoms with Crippen LogP contribution in [-0.4, -0.2) is 36.8 Å². The van der Waals surface area contributed by atoms with E-state index in [9.17, 15) is 15.1 Å². The second-order valence-electron chi connectivity index (χ2n) is 4.24. The van der Waals surface area contributed by atoms with Crippen molar-refractivity contribution in [3.05, 3.63) is 33.9 Å². The zero-order chi connectivity index (χ0) is 13.8. The second kappa shape index (κ2) is 6.00. The molecule has 0 fully saturated rings. The van der Waals surface area contributed by atoms with E-state index in [4.69, 9.17) is 15.1 Å². The summed E-state index contributed by atoms with van der Waals surface area (Å²) in [5, 5.41) is 20.4. The Morgan fingerprint density at radius 1 is 1.58 bits per heavy atom. The molecular weight excluding hydrogens is 251 g/mol. The summed E-state index contributed by atoms with van der Waals surface area (Å²) in [5.41, 5.74) is 6.46. The van der Waals surface area contributed by atoms with Crippen LogP contribution in [0.25, 0.3) is 0 Å². The Morgan fingerprint density at radius 3 is 3.05 bits per heavy atom. The molecule has 0 saturated heterocycles. The van der Waals surface area contributed by atoms with Crippen LogP contribution in [0.2, 0.25) is 0 Å². The average Bonchev–Trinajstić information content (AvgIpc) is 2.67. The minimum atomic E-state index is -1.19. The zero-order valence-electron chi connectivity index (χ0n) is 10.3. The van der Waals surface area contributed by atoms with Crippen molar-refractivity contribution in [2.24, 2.45) is 5.73 Å². The smallest absolute Gasteiger partial charge is 0.494 e. The summed E-state index contributed by atoms with van der Waals surface area (Å²) in [4.78, 5) is 10.1. The molecule has 1 aliphatic heterocycles. The predicted octanol–water partition coefficient (Wildman–Crippen LogP) is -0.550. The zero-order valence-corrected chi connectivity index (χ0v) is 10.3. The lowest BCUT2D eigenvalue weighted by atomic mass is 9.78. The second-order valence-corrected chi connectivity index (χ2v) is 4.24. The largest absolute Gasteiger partial charge is 0.496 e. The molecule has 0 aromatic heterocycles. The molecule has 102 valence electrons. The number of ether oxygens (including phenoxy) is 1. The van der Waals surface area contributed by atoms with Crippen LogP contribution in [0.1, 0.15) is 18.1 Å². The summed E-state index contributed by atoms with van der Waals surface area (Å²) in [5.74, 6) is 0.490. The topological polar surface area (TPSA) is 108 Å². The van der Waals surface area contributed by atoms with E-state index in [1.807, 2.05) is 0 Å². The van der Waals surface area contributed by atoms with Crippen molar-refractivity contribution in [2.45, 2.75) is 12.5 Å². The molecular formula is C11H15BN2O5. The van der Waals surface area contributed by atoms with Crippen LogP contribution in [-0.2, 0) is 4.65 Å². The van der Waals surface area contributed by atoms with Gasteiger partial charge in [0.15, 0.2) is 0 Å². The van der Waals surface area contributed by atoms with Gasteiger partial charge in [-0.1, -0.05) is 12.1 Å². The molecule has 1 aliphatic rings. The van der Waals surface area contributed by atoms with Crippen LogP contribution in [0.3, 0.4) is 0 Å². The fourth-order valence-corrected chi connectivity index (χ4v) is 2.07. The average molecular weight is 266 g/mol. The van der Waals surface area contributed by atoms with Crippen LogP contribution in [0.15, 0.2) is 18.2 Å². The Bertz CT molecular complexity index is 470. The van der Waals surface area contributed by atoms with Gasteiger partial charge >= 0.3 is 7.12 Å². The van der Waals surface area contributed by atoms with Gasteiger partial charge in [-0.2, -0.15) is 0 Å². The Hall–Kier alpha value is -1.64. The van der Waals surface area contributed by atoms with Gasteiger partial charge in [-0.05, 0) is 24.6 Å². The minimum Gasteiger partial charge on any atom is -0.494 e. The van der Waals surface area contributed by atoms with E-state index >= 15 is 0 Å². The SMILES string of the molecule is NCCCOc1cccc2c1B(O)O[C@@H]2C[N+](=O)[O-]. The van der Waals surface area contributed by atoms with Gasteiger partial charge in [-0.15, -0.1) is 0 Å². The molecule has 1 aromatic carbocycles. The number of fused-ring (bicyclic) bond motifs is 1. The Balaban J connectivity index is 2.20. The molecule has 0 saturated carbocycles. The van der Waals surface area contributed by atoms with E-state index in [-0.39, 0.29) is 6.54 Å². The molecule has 0 spiro atoms.